The highest BCUT2D eigenvalue weighted by Gasteiger charge is 2.30. The van der Waals surface area contributed by atoms with Crippen LogP contribution in [0.25, 0.3) is 0 Å². The number of aliphatic hydroxyl groups excluding tert-OH is 1. The van der Waals surface area contributed by atoms with Crippen molar-refractivity contribution in [1.82, 2.24) is 10.3 Å². The number of carbonyl (C=O) groups is 1. The second-order valence-electron chi connectivity index (χ2n) is 5.22. The van der Waals surface area contributed by atoms with E-state index >= 15 is 0 Å². The molecule has 0 aromatic carbocycles. The molecule has 0 aliphatic heterocycles. The first-order valence-corrected chi connectivity index (χ1v) is 7.96. The van der Waals surface area contributed by atoms with Crippen molar-refractivity contribution in [1.29, 1.82) is 0 Å². The molecule has 1 amide bonds. The summed E-state index contributed by atoms with van der Waals surface area (Å²) in [6.45, 7) is 2.96. The van der Waals surface area contributed by atoms with Crippen LogP contribution in [-0.4, -0.2) is 29.1 Å². The van der Waals surface area contributed by atoms with Gasteiger partial charge in [0.1, 0.15) is 4.88 Å². The van der Waals surface area contributed by atoms with E-state index in [1.54, 1.807) is 5.51 Å². The third-order valence-corrected chi connectivity index (χ3v) is 4.39. The maximum atomic E-state index is 12.2. The Morgan fingerprint density at radius 2 is 2.37 bits per heavy atom. The molecule has 1 aromatic heterocycles. The van der Waals surface area contributed by atoms with Crippen molar-refractivity contribution in [2.24, 2.45) is 5.92 Å². The predicted octanol–water partition coefficient (Wildman–Crippen LogP) is 2.55. The van der Waals surface area contributed by atoms with Crippen LogP contribution in [0.1, 0.15) is 60.3 Å². The summed E-state index contributed by atoms with van der Waals surface area (Å²) in [7, 11) is 0. The maximum absolute atomic E-state index is 12.2. The molecular formula is C14H22N2O2S. The van der Waals surface area contributed by atoms with Crippen LogP contribution in [0, 0.1) is 5.92 Å². The molecule has 0 saturated heterocycles. The van der Waals surface area contributed by atoms with Gasteiger partial charge in [-0.05, 0) is 31.6 Å². The lowest BCUT2D eigenvalue weighted by Gasteiger charge is -2.15. The number of rotatable bonds is 8. The molecule has 1 fully saturated rings. The van der Waals surface area contributed by atoms with Crippen molar-refractivity contribution in [3.8, 4) is 0 Å². The molecular weight excluding hydrogens is 260 g/mol. The summed E-state index contributed by atoms with van der Waals surface area (Å²) < 4.78 is 0. The number of thiazole rings is 1. The Balaban J connectivity index is 1.87. The van der Waals surface area contributed by atoms with E-state index in [1.165, 1.54) is 11.3 Å². The van der Waals surface area contributed by atoms with Crippen LogP contribution in [0.4, 0.5) is 0 Å². The van der Waals surface area contributed by atoms with Crippen molar-refractivity contribution in [3.05, 3.63) is 16.1 Å². The van der Waals surface area contributed by atoms with Crippen molar-refractivity contribution in [3.63, 3.8) is 0 Å². The number of aromatic nitrogens is 1. The van der Waals surface area contributed by atoms with Crippen LogP contribution in [0.15, 0.2) is 5.51 Å². The summed E-state index contributed by atoms with van der Waals surface area (Å²) in [4.78, 5) is 17.3. The maximum Gasteiger partial charge on any atom is 0.263 e. The average Bonchev–Trinajstić information content (AvgIpc) is 3.13. The smallest absolute Gasteiger partial charge is 0.263 e. The summed E-state index contributed by atoms with van der Waals surface area (Å²) >= 11 is 1.43. The van der Waals surface area contributed by atoms with Crippen LogP contribution < -0.4 is 5.32 Å². The van der Waals surface area contributed by atoms with Gasteiger partial charge in [-0.2, -0.15) is 0 Å². The van der Waals surface area contributed by atoms with Crippen molar-refractivity contribution in [2.75, 3.05) is 13.2 Å². The van der Waals surface area contributed by atoms with E-state index in [-0.39, 0.29) is 12.5 Å². The number of hydrogen-bond donors (Lipinski definition) is 2. The van der Waals surface area contributed by atoms with E-state index in [0.717, 1.165) is 42.7 Å². The van der Waals surface area contributed by atoms with Gasteiger partial charge in [0, 0.05) is 19.1 Å². The van der Waals surface area contributed by atoms with Crippen LogP contribution >= 0.6 is 11.3 Å². The summed E-state index contributed by atoms with van der Waals surface area (Å²) in [5.41, 5.74) is 2.75. The molecule has 1 unspecified atom stereocenters. The first kappa shape index (κ1) is 14.5. The fourth-order valence-electron chi connectivity index (χ4n) is 2.33. The number of carbonyl (C=O) groups excluding carboxylic acids is 1. The van der Waals surface area contributed by atoms with Gasteiger partial charge in [-0.1, -0.05) is 13.3 Å². The number of hydrogen-bond acceptors (Lipinski definition) is 4. The van der Waals surface area contributed by atoms with Crippen molar-refractivity contribution < 1.29 is 9.90 Å². The Labute approximate surface area is 118 Å². The van der Waals surface area contributed by atoms with Crippen LogP contribution in [0.5, 0.6) is 0 Å². The lowest BCUT2D eigenvalue weighted by atomic mass is 10.0. The normalized spacial score (nSPS) is 16.3. The molecule has 1 atom stereocenters. The van der Waals surface area contributed by atoms with Crippen LogP contribution in [0.3, 0.4) is 0 Å². The van der Waals surface area contributed by atoms with Gasteiger partial charge in [0.05, 0.1) is 11.2 Å². The fourth-order valence-corrected chi connectivity index (χ4v) is 3.12. The minimum absolute atomic E-state index is 0.00319. The lowest BCUT2D eigenvalue weighted by molar-refractivity contribution is 0.0946. The third kappa shape index (κ3) is 4.01. The topological polar surface area (TPSA) is 62.2 Å². The molecule has 0 radical (unpaired) electrons. The van der Waals surface area contributed by atoms with E-state index < -0.39 is 0 Å². The zero-order chi connectivity index (χ0) is 13.7. The number of amides is 1. The van der Waals surface area contributed by atoms with E-state index in [9.17, 15) is 4.79 Å². The molecule has 2 N–H and O–H groups in total. The van der Waals surface area contributed by atoms with Crippen molar-refractivity contribution >= 4 is 17.2 Å². The third-order valence-electron chi connectivity index (χ3n) is 3.55. The first-order chi connectivity index (χ1) is 9.26. The molecule has 19 heavy (non-hydrogen) atoms. The Kier molecular flexibility index (Phi) is 5.34. The largest absolute Gasteiger partial charge is 0.396 e. The highest BCUT2D eigenvalue weighted by molar-refractivity contribution is 7.11. The van der Waals surface area contributed by atoms with Gasteiger partial charge in [-0.15, -0.1) is 11.3 Å². The van der Waals surface area contributed by atoms with Crippen LogP contribution in [0.2, 0.25) is 0 Å². The minimum Gasteiger partial charge on any atom is -0.396 e. The van der Waals surface area contributed by atoms with Crippen LogP contribution in [-0.2, 0) is 0 Å². The zero-order valence-electron chi connectivity index (χ0n) is 11.4. The Hall–Kier alpha value is -0.940. The first-order valence-electron chi connectivity index (χ1n) is 7.08. The molecule has 2 rings (SSSR count). The number of aliphatic hydroxyl groups is 1. The highest BCUT2D eigenvalue weighted by atomic mass is 32.1. The lowest BCUT2D eigenvalue weighted by Crippen LogP contribution is -2.29. The van der Waals surface area contributed by atoms with E-state index in [1.807, 2.05) is 0 Å². The molecule has 0 spiro atoms. The predicted molar refractivity (Wildman–Crippen MR) is 76.5 cm³/mol. The quantitative estimate of drug-likeness (QED) is 0.770. The molecule has 5 heteroatoms. The Morgan fingerprint density at radius 3 is 3.00 bits per heavy atom. The molecule has 1 aromatic rings. The van der Waals surface area contributed by atoms with E-state index in [2.05, 4.69) is 17.2 Å². The van der Waals surface area contributed by atoms with Gasteiger partial charge in [0.25, 0.3) is 5.91 Å². The number of nitrogens with one attached hydrogen (secondary N) is 1. The van der Waals surface area contributed by atoms with E-state index in [4.69, 9.17) is 5.11 Å². The van der Waals surface area contributed by atoms with Gasteiger partial charge in [0.2, 0.25) is 0 Å². The van der Waals surface area contributed by atoms with Gasteiger partial charge < -0.3 is 10.4 Å². The molecule has 106 valence electrons. The summed E-state index contributed by atoms with van der Waals surface area (Å²) in [6, 6.07) is 0. The molecule has 1 aliphatic carbocycles. The van der Waals surface area contributed by atoms with E-state index in [0.29, 0.717) is 18.4 Å². The zero-order valence-corrected chi connectivity index (χ0v) is 12.2. The monoisotopic (exact) mass is 282 g/mol. The summed E-state index contributed by atoms with van der Waals surface area (Å²) in [5.74, 6) is 0.885. The SMILES string of the molecule is CCCC(CCO)CNC(=O)c1scnc1C1CC1. The van der Waals surface area contributed by atoms with Crippen molar-refractivity contribution in [2.45, 2.75) is 44.9 Å². The molecule has 1 saturated carbocycles. The van der Waals surface area contributed by atoms with Gasteiger partial charge in [-0.25, -0.2) is 4.98 Å². The molecule has 0 bridgehead atoms. The molecule has 1 aliphatic rings. The second-order valence-corrected chi connectivity index (χ2v) is 6.07. The standard InChI is InChI=1S/C14H22N2O2S/c1-2-3-10(6-7-17)8-15-14(18)13-12(11-4-5-11)16-9-19-13/h9-11,17H,2-8H2,1H3,(H,15,18). The Morgan fingerprint density at radius 1 is 1.58 bits per heavy atom. The summed E-state index contributed by atoms with van der Waals surface area (Å²) in [5, 5.41) is 12.0. The molecule has 1 heterocycles. The average molecular weight is 282 g/mol. The minimum atomic E-state index is 0.00319. The second kappa shape index (κ2) is 7.01. The van der Waals surface area contributed by atoms with Gasteiger partial charge in [-0.3, -0.25) is 4.79 Å². The van der Waals surface area contributed by atoms with Gasteiger partial charge in [0.15, 0.2) is 0 Å². The fraction of sp³-hybridized carbons (Fsp3) is 0.714. The Bertz CT molecular complexity index is 409. The summed E-state index contributed by atoms with van der Waals surface area (Å²) in [6.07, 6.45) is 5.19. The highest BCUT2D eigenvalue weighted by Crippen LogP contribution is 2.41. The molecule has 4 nitrogen and oxygen atoms in total. The number of nitrogens with zero attached hydrogens (tertiary/aromatic N) is 1. The van der Waals surface area contributed by atoms with Gasteiger partial charge >= 0.3 is 0 Å².